The number of halogens is 2. The van der Waals surface area contributed by atoms with E-state index in [9.17, 15) is 25.6 Å². The van der Waals surface area contributed by atoms with E-state index >= 15 is 0 Å². The van der Waals surface area contributed by atoms with Crippen LogP contribution in [-0.4, -0.2) is 16.8 Å². The lowest BCUT2D eigenvalue weighted by Crippen LogP contribution is -2.27. The zero-order valence-corrected chi connectivity index (χ0v) is 16.0. The van der Waals surface area contributed by atoms with Gasteiger partial charge in [-0.2, -0.15) is 10.5 Å². The van der Waals surface area contributed by atoms with Crippen molar-refractivity contribution in [2.75, 3.05) is 0 Å². The van der Waals surface area contributed by atoms with E-state index in [0.717, 1.165) is 36.4 Å². The molecule has 0 radical (unpaired) electrons. The fourth-order valence-electron chi connectivity index (χ4n) is 2.01. The molecule has 1 N–H and O–H groups in total. The Kier molecular flexibility index (Phi) is 6.61. The maximum atomic E-state index is 13.7. The summed E-state index contributed by atoms with van der Waals surface area (Å²) in [6.45, 7) is 0. The zero-order chi connectivity index (χ0) is 21.7. The molecule has 0 heterocycles. The van der Waals surface area contributed by atoms with Gasteiger partial charge in [0, 0.05) is 21.9 Å². The molecule has 29 heavy (non-hydrogen) atoms. The number of hydrogen-bond donors (Lipinski definition) is 1. The first-order valence-corrected chi connectivity index (χ1v) is 10.7. The predicted molar refractivity (Wildman–Crippen MR) is 101 cm³/mol. The first-order chi connectivity index (χ1) is 13.5. The molecule has 0 aliphatic heterocycles. The number of nitrogens with zero attached hydrogens (tertiary/aromatic N) is 2. The molecule has 0 saturated carbocycles. The van der Waals surface area contributed by atoms with Gasteiger partial charge in [-0.15, -0.1) is 4.13 Å². The van der Waals surface area contributed by atoms with E-state index in [1.54, 1.807) is 12.1 Å². The van der Waals surface area contributed by atoms with Crippen LogP contribution in [-0.2, 0) is 20.0 Å². The molecule has 0 spiro atoms. The Bertz CT molecular complexity index is 1200. The van der Waals surface area contributed by atoms with Crippen molar-refractivity contribution in [2.24, 2.45) is 0 Å². The highest BCUT2D eigenvalue weighted by Crippen LogP contribution is 2.14. The highest BCUT2D eigenvalue weighted by Gasteiger charge is 2.16. The Labute approximate surface area is 165 Å². The number of nitrogens with one attached hydrogen (secondary N) is 1. The SMILES string of the molecule is N#Cc1ccc(C=CS(=O)(=O)NS(=O)(=O)C=Cc2ccc(C#N)cc2F)c(F)c1. The van der Waals surface area contributed by atoms with Gasteiger partial charge in [0.25, 0.3) is 0 Å². The van der Waals surface area contributed by atoms with Gasteiger partial charge in [0.1, 0.15) is 11.6 Å². The summed E-state index contributed by atoms with van der Waals surface area (Å²) in [5.41, 5.74) is -0.296. The molecule has 2 rings (SSSR count). The Balaban J connectivity index is 2.18. The van der Waals surface area contributed by atoms with Gasteiger partial charge in [-0.1, -0.05) is 12.1 Å². The minimum atomic E-state index is -4.53. The molecule has 2 aromatic rings. The number of hydrogen-bond acceptors (Lipinski definition) is 6. The largest absolute Gasteiger partial charge is 0.246 e. The quantitative estimate of drug-likeness (QED) is 0.743. The summed E-state index contributed by atoms with van der Waals surface area (Å²) in [4.78, 5) is 0. The van der Waals surface area contributed by atoms with E-state index in [1.807, 2.05) is 0 Å². The second-order valence-electron chi connectivity index (χ2n) is 5.48. The maximum Gasteiger partial charge on any atom is 0.246 e. The smallest absolute Gasteiger partial charge is 0.207 e. The van der Waals surface area contributed by atoms with Crippen LogP contribution >= 0.6 is 0 Å². The third-order valence-corrected chi connectivity index (χ3v) is 6.19. The third kappa shape index (κ3) is 6.33. The van der Waals surface area contributed by atoms with Gasteiger partial charge in [0.15, 0.2) is 0 Å². The van der Waals surface area contributed by atoms with E-state index in [4.69, 9.17) is 10.5 Å². The molecular formula is C18H11F2N3O4S2. The van der Waals surface area contributed by atoms with Crippen molar-refractivity contribution < 1.29 is 25.6 Å². The number of sulfonamides is 2. The molecule has 0 unspecified atom stereocenters. The molecule has 0 fully saturated rings. The molecule has 0 aliphatic carbocycles. The van der Waals surface area contributed by atoms with Crippen molar-refractivity contribution in [2.45, 2.75) is 0 Å². The average Bonchev–Trinajstić information content (AvgIpc) is 2.65. The average molecular weight is 435 g/mol. The molecule has 0 aliphatic rings. The van der Waals surface area contributed by atoms with Gasteiger partial charge in [0.2, 0.25) is 20.0 Å². The Morgan fingerprint density at radius 3 is 1.45 bits per heavy atom. The summed E-state index contributed by atoms with van der Waals surface area (Å²) in [7, 11) is -9.07. The molecule has 148 valence electrons. The number of nitriles is 2. The second kappa shape index (κ2) is 8.75. The van der Waals surface area contributed by atoms with Gasteiger partial charge >= 0.3 is 0 Å². The summed E-state index contributed by atoms with van der Waals surface area (Å²) >= 11 is 0. The van der Waals surface area contributed by atoms with Crippen LogP contribution in [0, 0.1) is 34.3 Å². The minimum Gasteiger partial charge on any atom is -0.207 e. The lowest BCUT2D eigenvalue weighted by Gasteiger charge is -2.02. The van der Waals surface area contributed by atoms with Crippen molar-refractivity contribution in [3.8, 4) is 12.1 Å². The lowest BCUT2D eigenvalue weighted by atomic mass is 10.1. The molecule has 7 nitrogen and oxygen atoms in total. The monoisotopic (exact) mass is 435 g/mol. The van der Waals surface area contributed by atoms with Gasteiger partial charge < -0.3 is 0 Å². The molecular weight excluding hydrogens is 424 g/mol. The molecule has 2 aromatic carbocycles. The van der Waals surface area contributed by atoms with Crippen LogP contribution in [0.3, 0.4) is 0 Å². The van der Waals surface area contributed by atoms with Crippen LogP contribution in [0.1, 0.15) is 22.3 Å². The normalized spacial score (nSPS) is 12.1. The van der Waals surface area contributed by atoms with Gasteiger partial charge in [-0.3, -0.25) is 0 Å². The topological polar surface area (TPSA) is 128 Å². The van der Waals surface area contributed by atoms with Gasteiger partial charge in [-0.05, 0) is 36.4 Å². The first kappa shape index (κ1) is 21.9. The van der Waals surface area contributed by atoms with Crippen LogP contribution < -0.4 is 4.13 Å². The summed E-state index contributed by atoms with van der Waals surface area (Å²) in [6, 6.07) is 10.0. The fourth-order valence-corrected chi connectivity index (χ4v) is 4.40. The summed E-state index contributed by atoms with van der Waals surface area (Å²) in [5, 5.41) is 18.2. The molecule has 0 bridgehead atoms. The second-order valence-corrected chi connectivity index (χ2v) is 8.87. The molecule has 0 atom stereocenters. The summed E-state index contributed by atoms with van der Waals surface area (Å²) in [6.07, 6.45) is 1.64. The van der Waals surface area contributed by atoms with Crippen LogP contribution in [0.2, 0.25) is 0 Å². The van der Waals surface area contributed by atoms with Crippen molar-refractivity contribution in [3.05, 3.63) is 81.1 Å². The van der Waals surface area contributed by atoms with Crippen LogP contribution in [0.25, 0.3) is 12.2 Å². The minimum absolute atomic E-state index is 0.0309. The maximum absolute atomic E-state index is 13.7. The van der Waals surface area contributed by atoms with Crippen LogP contribution in [0.5, 0.6) is 0 Å². The van der Waals surface area contributed by atoms with Crippen molar-refractivity contribution in [1.82, 2.24) is 4.13 Å². The predicted octanol–water partition coefficient (Wildman–Crippen LogP) is 2.60. The number of benzene rings is 2. The standard InChI is InChI=1S/C18H11F2N3O4S2/c19-17-9-13(11-21)1-3-15(17)5-7-28(24,25)23-29(26,27)8-6-16-4-2-14(12-22)10-18(16)20/h1-10,23H. The molecule has 11 heteroatoms. The zero-order valence-electron chi connectivity index (χ0n) is 14.4. The van der Waals surface area contributed by atoms with E-state index in [-0.39, 0.29) is 22.3 Å². The Morgan fingerprint density at radius 2 is 1.14 bits per heavy atom. The van der Waals surface area contributed by atoms with Gasteiger partial charge in [0.05, 0.1) is 23.3 Å². The highest BCUT2D eigenvalue weighted by atomic mass is 32.3. The Hall–Kier alpha value is -3.38. The first-order valence-electron chi connectivity index (χ1n) is 7.59. The van der Waals surface area contributed by atoms with E-state index in [1.165, 1.54) is 16.3 Å². The highest BCUT2D eigenvalue weighted by molar-refractivity contribution is 8.07. The third-order valence-electron chi connectivity index (χ3n) is 3.34. The van der Waals surface area contributed by atoms with Crippen molar-refractivity contribution >= 4 is 32.2 Å². The number of rotatable bonds is 6. The molecule has 0 amide bonds. The molecule has 0 saturated heterocycles. The van der Waals surface area contributed by atoms with Crippen molar-refractivity contribution in [1.29, 1.82) is 10.5 Å². The molecule has 0 aromatic heterocycles. The van der Waals surface area contributed by atoms with E-state index < -0.39 is 31.7 Å². The lowest BCUT2D eigenvalue weighted by molar-refractivity contribution is 0.587. The van der Waals surface area contributed by atoms with Crippen molar-refractivity contribution in [3.63, 3.8) is 0 Å². The van der Waals surface area contributed by atoms with E-state index in [0.29, 0.717) is 10.8 Å². The Morgan fingerprint density at radius 1 is 0.759 bits per heavy atom. The van der Waals surface area contributed by atoms with Gasteiger partial charge in [-0.25, -0.2) is 25.6 Å². The summed E-state index contributed by atoms with van der Waals surface area (Å²) in [5.74, 6) is -1.73. The van der Waals surface area contributed by atoms with E-state index in [2.05, 4.69) is 0 Å². The van der Waals surface area contributed by atoms with Crippen LogP contribution in [0.4, 0.5) is 8.78 Å². The van der Waals surface area contributed by atoms with Crippen LogP contribution in [0.15, 0.2) is 47.2 Å². The summed E-state index contributed by atoms with van der Waals surface area (Å²) < 4.78 is 76.6. The fraction of sp³-hybridized carbons (Fsp3) is 0.